The largest absolute Gasteiger partial charge is 0.298 e. The zero-order valence-electron chi connectivity index (χ0n) is 15.3. The molecule has 0 unspecified atom stereocenters. The van der Waals surface area contributed by atoms with Crippen LogP contribution in [-0.2, 0) is 5.75 Å². The molecule has 1 N–H and O–H groups in total. The highest BCUT2D eigenvalue weighted by atomic mass is 32.2. The van der Waals surface area contributed by atoms with Gasteiger partial charge in [0.2, 0.25) is 0 Å². The molecule has 3 heterocycles. The topological polar surface area (TPSA) is 54.9 Å². The molecule has 0 saturated heterocycles. The van der Waals surface area contributed by atoms with E-state index < -0.39 is 0 Å². The van der Waals surface area contributed by atoms with Gasteiger partial charge in [0.25, 0.3) is 5.91 Å². The first-order valence-electron chi connectivity index (χ1n) is 8.55. The minimum atomic E-state index is -0.138. The lowest BCUT2D eigenvalue weighted by Gasteiger charge is -2.08. The highest BCUT2D eigenvalue weighted by molar-refractivity contribution is 7.98. The van der Waals surface area contributed by atoms with Crippen LogP contribution in [-0.4, -0.2) is 15.9 Å². The lowest BCUT2D eigenvalue weighted by molar-refractivity contribution is 0.102. The number of rotatable bonds is 6. The molecule has 3 aromatic heterocycles. The van der Waals surface area contributed by atoms with Crippen LogP contribution in [0.2, 0.25) is 0 Å². The molecule has 4 rings (SSSR count). The maximum atomic E-state index is 12.8. The Kier molecular flexibility index (Phi) is 5.91. The zero-order chi connectivity index (χ0) is 19.5. The number of amides is 1. The Morgan fingerprint density at radius 3 is 2.68 bits per heavy atom. The molecule has 8 heteroatoms. The molecule has 28 heavy (non-hydrogen) atoms. The number of carbonyl (C=O) groups is 1. The molecule has 1 aromatic carbocycles. The number of nitrogens with one attached hydrogen (secondary N) is 1. The van der Waals surface area contributed by atoms with Gasteiger partial charge in [-0.25, -0.2) is 9.97 Å². The first kappa shape index (κ1) is 19.3. The summed E-state index contributed by atoms with van der Waals surface area (Å²) < 4.78 is 0. The summed E-state index contributed by atoms with van der Waals surface area (Å²) in [4.78, 5) is 25.2. The Morgan fingerprint density at radius 2 is 1.93 bits per heavy atom. The minimum absolute atomic E-state index is 0.138. The van der Waals surface area contributed by atoms with E-state index in [1.807, 2.05) is 36.6 Å². The van der Waals surface area contributed by atoms with E-state index in [9.17, 15) is 4.79 Å². The van der Waals surface area contributed by atoms with Crippen molar-refractivity contribution in [3.8, 4) is 10.6 Å². The molecule has 142 valence electrons. The molecule has 0 aliphatic heterocycles. The molecule has 0 radical (unpaired) electrons. The SMILES string of the molecule is Cc1ccc(-c2csc(NC(=O)c3ccccc3SCc3csc(C)n3)n2)s1. The number of aromatic nitrogens is 2. The van der Waals surface area contributed by atoms with Gasteiger partial charge in [-0.3, -0.25) is 10.1 Å². The van der Waals surface area contributed by atoms with Crippen molar-refractivity contribution in [2.45, 2.75) is 24.5 Å². The van der Waals surface area contributed by atoms with E-state index in [0.29, 0.717) is 10.7 Å². The van der Waals surface area contributed by atoms with Crippen LogP contribution in [0.15, 0.2) is 52.1 Å². The molecule has 0 saturated carbocycles. The molecule has 0 aliphatic rings. The van der Waals surface area contributed by atoms with Crippen molar-refractivity contribution in [2.75, 3.05) is 5.32 Å². The summed E-state index contributed by atoms with van der Waals surface area (Å²) in [6, 6.07) is 11.8. The second-order valence-corrected chi connectivity index (χ2v) is 10.3. The summed E-state index contributed by atoms with van der Waals surface area (Å²) in [5, 5.41) is 8.66. The Labute approximate surface area is 179 Å². The Hall–Kier alpha value is -2.00. The maximum Gasteiger partial charge on any atom is 0.258 e. The molecule has 4 nitrogen and oxygen atoms in total. The van der Waals surface area contributed by atoms with E-state index in [0.717, 1.165) is 31.9 Å². The lowest BCUT2D eigenvalue weighted by atomic mass is 10.2. The van der Waals surface area contributed by atoms with Crippen LogP contribution in [0.25, 0.3) is 10.6 Å². The number of carbonyl (C=O) groups excluding carboxylic acids is 1. The quantitative estimate of drug-likeness (QED) is 0.346. The number of benzene rings is 1. The van der Waals surface area contributed by atoms with Gasteiger partial charge in [-0.05, 0) is 38.1 Å². The number of nitrogens with zero attached hydrogens (tertiary/aromatic N) is 2. The van der Waals surface area contributed by atoms with Gasteiger partial charge >= 0.3 is 0 Å². The predicted octanol–water partition coefficient (Wildman–Crippen LogP) is 6.49. The summed E-state index contributed by atoms with van der Waals surface area (Å²) in [5.74, 6) is 0.606. The maximum absolute atomic E-state index is 12.8. The molecule has 0 aliphatic carbocycles. The molecule has 0 fully saturated rings. The van der Waals surface area contributed by atoms with Crippen LogP contribution in [0.1, 0.15) is 25.9 Å². The van der Waals surface area contributed by atoms with Crippen LogP contribution in [0, 0.1) is 13.8 Å². The number of thiazole rings is 2. The third-order valence-corrected chi connectivity index (χ3v) is 7.60. The van der Waals surface area contributed by atoms with Gasteiger partial charge in [0.05, 0.1) is 26.8 Å². The molecular formula is C20H17N3OS4. The Morgan fingerprint density at radius 1 is 1.07 bits per heavy atom. The summed E-state index contributed by atoms with van der Waals surface area (Å²) in [6.45, 7) is 4.07. The van der Waals surface area contributed by atoms with Gasteiger partial charge in [-0.1, -0.05) is 12.1 Å². The second-order valence-electron chi connectivity index (χ2n) is 6.05. The van der Waals surface area contributed by atoms with Gasteiger partial charge in [0.15, 0.2) is 5.13 Å². The fourth-order valence-corrected chi connectivity index (χ4v) is 5.86. The van der Waals surface area contributed by atoms with Crippen molar-refractivity contribution < 1.29 is 4.79 Å². The van der Waals surface area contributed by atoms with Crippen LogP contribution in [0.3, 0.4) is 0 Å². The molecule has 1 amide bonds. The number of hydrogen-bond donors (Lipinski definition) is 1. The number of thioether (sulfide) groups is 1. The van der Waals surface area contributed by atoms with Crippen molar-refractivity contribution >= 4 is 56.8 Å². The van der Waals surface area contributed by atoms with Gasteiger partial charge in [0.1, 0.15) is 0 Å². The van der Waals surface area contributed by atoms with Crippen molar-refractivity contribution in [3.63, 3.8) is 0 Å². The third kappa shape index (κ3) is 4.52. The highest BCUT2D eigenvalue weighted by Gasteiger charge is 2.15. The standard InChI is InChI=1S/C20H17N3OS4/c1-12-7-8-18(28-12)16-11-27-20(22-16)23-19(24)15-5-3-4-6-17(15)26-10-14-9-25-13(2)21-14/h3-9,11H,10H2,1-2H3,(H,22,23,24). The third-order valence-electron chi connectivity index (χ3n) is 3.89. The van der Waals surface area contributed by atoms with Crippen molar-refractivity contribution in [3.05, 3.63) is 68.3 Å². The summed E-state index contributed by atoms with van der Waals surface area (Å²) in [6.07, 6.45) is 0. The predicted molar refractivity (Wildman–Crippen MR) is 121 cm³/mol. The van der Waals surface area contributed by atoms with Gasteiger partial charge in [-0.2, -0.15) is 0 Å². The van der Waals surface area contributed by atoms with Crippen molar-refractivity contribution in [1.82, 2.24) is 9.97 Å². The van der Waals surface area contributed by atoms with Crippen molar-refractivity contribution in [1.29, 1.82) is 0 Å². The zero-order valence-corrected chi connectivity index (χ0v) is 18.5. The highest BCUT2D eigenvalue weighted by Crippen LogP contribution is 2.31. The molecule has 0 bridgehead atoms. The van der Waals surface area contributed by atoms with E-state index >= 15 is 0 Å². The monoisotopic (exact) mass is 443 g/mol. The van der Waals surface area contributed by atoms with Gasteiger partial charge in [0, 0.05) is 26.3 Å². The number of anilines is 1. The van der Waals surface area contributed by atoms with Gasteiger partial charge < -0.3 is 0 Å². The van der Waals surface area contributed by atoms with Crippen molar-refractivity contribution in [2.24, 2.45) is 0 Å². The first-order valence-corrected chi connectivity index (χ1v) is 12.1. The molecule has 0 spiro atoms. The fraction of sp³-hybridized carbons (Fsp3) is 0.150. The fourth-order valence-electron chi connectivity index (χ4n) is 2.59. The first-order chi connectivity index (χ1) is 13.6. The van der Waals surface area contributed by atoms with E-state index in [2.05, 4.69) is 39.7 Å². The van der Waals surface area contributed by atoms with E-state index in [4.69, 9.17) is 0 Å². The average molecular weight is 444 g/mol. The molecule has 0 atom stereocenters. The van der Waals surface area contributed by atoms with Crippen LogP contribution in [0.5, 0.6) is 0 Å². The van der Waals surface area contributed by atoms with Gasteiger partial charge in [-0.15, -0.1) is 45.8 Å². The summed E-state index contributed by atoms with van der Waals surface area (Å²) in [5.41, 5.74) is 2.60. The second kappa shape index (κ2) is 8.57. The average Bonchev–Trinajstić information content (AvgIpc) is 3.42. The number of hydrogen-bond acceptors (Lipinski definition) is 7. The summed E-state index contributed by atoms with van der Waals surface area (Å²) >= 11 is 6.41. The van der Waals surface area contributed by atoms with Crippen LogP contribution in [0.4, 0.5) is 5.13 Å². The van der Waals surface area contributed by atoms with Crippen LogP contribution >= 0.6 is 45.8 Å². The number of thiophene rings is 1. The van der Waals surface area contributed by atoms with E-state index in [1.165, 1.54) is 16.2 Å². The molecule has 4 aromatic rings. The Bertz CT molecular complexity index is 1110. The smallest absolute Gasteiger partial charge is 0.258 e. The lowest BCUT2D eigenvalue weighted by Crippen LogP contribution is -2.12. The number of aryl methyl sites for hydroxylation is 2. The minimum Gasteiger partial charge on any atom is -0.298 e. The van der Waals surface area contributed by atoms with E-state index in [1.54, 1.807) is 34.4 Å². The van der Waals surface area contributed by atoms with Crippen LogP contribution < -0.4 is 5.32 Å². The van der Waals surface area contributed by atoms with E-state index in [-0.39, 0.29) is 5.91 Å². The normalized spacial score (nSPS) is 10.9. The Balaban J connectivity index is 1.47. The summed E-state index contributed by atoms with van der Waals surface area (Å²) in [7, 11) is 0. The molecular weight excluding hydrogens is 427 g/mol.